The van der Waals surface area contributed by atoms with E-state index in [2.05, 4.69) is 28.8 Å². The van der Waals surface area contributed by atoms with Gasteiger partial charge in [-0.1, -0.05) is 13.8 Å². The van der Waals surface area contributed by atoms with Crippen molar-refractivity contribution >= 4 is 28.0 Å². The number of methoxy groups -OCH3 is 1. The molecule has 0 fully saturated rings. The van der Waals surface area contributed by atoms with Crippen molar-refractivity contribution in [1.29, 1.82) is 5.26 Å². The zero-order chi connectivity index (χ0) is 15.8. The molecule has 0 spiro atoms. The smallest absolute Gasteiger partial charge is 0.350 e. The number of likely N-dealkylation sites (N-methyl/N-ethyl adjacent to an activating group) is 1. The van der Waals surface area contributed by atoms with Gasteiger partial charge in [0.25, 0.3) is 0 Å². The number of ether oxygens (including phenoxy) is 1. The van der Waals surface area contributed by atoms with Gasteiger partial charge in [-0.3, -0.25) is 0 Å². The highest BCUT2D eigenvalue weighted by Gasteiger charge is 2.21. The summed E-state index contributed by atoms with van der Waals surface area (Å²) in [5.74, 6) is -0.511. The van der Waals surface area contributed by atoms with Crippen LogP contribution in [0.5, 0.6) is 0 Å². The average molecular weight is 310 g/mol. The van der Waals surface area contributed by atoms with Crippen LogP contribution in [0, 0.1) is 11.3 Å². The zero-order valence-electron chi connectivity index (χ0n) is 12.7. The van der Waals surface area contributed by atoms with Gasteiger partial charge in [-0.05, 0) is 19.5 Å². The highest BCUT2D eigenvalue weighted by molar-refractivity contribution is 7.18. The minimum Gasteiger partial charge on any atom is -0.465 e. The third-order valence-corrected chi connectivity index (χ3v) is 4.27. The van der Waals surface area contributed by atoms with E-state index in [0.717, 1.165) is 37.4 Å². The molecular weight excluding hydrogens is 288 g/mol. The van der Waals surface area contributed by atoms with Crippen LogP contribution in [-0.4, -0.2) is 44.2 Å². The van der Waals surface area contributed by atoms with Gasteiger partial charge in [-0.25, -0.2) is 4.79 Å². The minimum atomic E-state index is -0.511. The molecule has 0 radical (unpaired) electrons. The van der Waals surface area contributed by atoms with Crippen LogP contribution in [0.3, 0.4) is 0 Å². The monoisotopic (exact) mass is 310 g/mol. The lowest BCUT2D eigenvalue weighted by Gasteiger charge is -2.19. The second-order valence-electron chi connectivity index (χ2n) is 4.51. The fourth-order valence-corrected chi connectivity index (χ4v) is 3.01. The van der Waals surface area contributed by atoms with E-state index in [9.17, 15) is 10.1 Å². The van der Waals surface area contributed by atoms with Crippen molar-refractivity contribution in [2.75, 3.05) is 44.3 Å². The maximum atomic E-state index is 11.6. The second kappa shape index (κ2) is 8.49. The molecule has 0 saturated heterocycles. The molecule has 0 aliphatic heterocycles. The highest BCUT2D eigenvalue weighted by atomic mass is 32.1. The maximum absolute atomic E-state index is 11.6. The molecule has 0 unspecified atom stereocenters. The fraction of sp³-hybridized carbons (Fsp3) is 0.571. The Morgan fingerprint density at radius 2 is 2.19 bits per heavy atom. The largest absolute Gasteiger partial charge is 0.465 e. The Balaban J connectivity index is 2.75. The summed E-state index contributed by atoms with van der Waals surface area (Å²) in [7, 11) is 1.30. The van der Waals surface area contributed by atoms with Crippen molar-refractivity contribution in [2.24, 2.45) is 0 Å². The summed E-state index contributed by atoms with van der Waals surface area (Å²) in [6.45, 7) is 7.87. The average Bonchev–Trinajstić information content (AvgIpc) is 2.81. The summed E-state index contributed by atoms with van der Waals surface area (Å²) < 4.78 is 4.67. The molecule has 0 aliphatic carbocycles. The number of esters is 1. The van der Waals surface area contributed by atoms with E-state index >= 15 is 0 Å². The van der Waals surface area contributed by atoms with Gasteiger partial charge in [0, 0.05) is 13.1 Å². The number of nitriles is 1. The first kappa shape index (κ1) is 17.3. The Bertz CT molecular complexity index is 522. The first-order valence-electron chi connectivity index (χ1n) is 6.95. The number of carbonyl (C=O) groups excluding carboxylic acids is 1. The van der Waals surface area contributed by atoms with Crippen LogP contribution in [0.2, 0.25) is 0 Å². The van der Waals surface area contributed by atoms with Crippen LogP contribution < -0.4 is 11.1 Å². The van der Waals surface area contributed by atoms with Crippen molar-refractivity contribution < 1.29 is 9.53 Å². The molecular formula is C14H22N4O2S. The molecule has 1 aromatic heterocycles. The molecule has 0 aliphatic rings. The van der Waals surface area contributed by atoms with Gasteiger partial charge in [-0.15, -0.1) is 11.3 Å². The minimum absolute atomic E-state index is 0.192. The molecule has 3 N–H and O–H groups in total. The number of anilines is 2. The van der Waals surface area contributed by atoms with Crippen LogP contribution in [-0.2, 0) is 4.74 Å². The Hall–Kier alpha value is -1.78. The third-order valence-electron chi connectivity index (χ3n) is 3.13. The Kier molecular flexibility index (Phi) is 6.99. The SMILES string of the molecule is CCCN(CC)CCNc1sc(C(=O)OC)c(N)c1C#N. The fourth-order valence-electron chi connectivity index (χ4n) is 2.00. The Morgan fingerprint density at radius 3 is 2.71 bits per heavy atom. The van der Waals surface area contributed by atoms with Crippen molar-refractivity contribution in [2.45, 2.75) is 20.3 Å². The van der Waals surface area contributed by atoms with E-state index in [1.807, 2.05) is 6.07 Å². The van der Waals surface area contributed by atoms with Gasteiger partial charge in [0.05, 0.1) is 12.8 Å². The van der Waals surface area contributed by atoms with Gasteiger partial charge in [-0.2, -0.15) is 5.26 Å². The number of rotatable bonds is 8. The molecule has 0 bridgehead atoms. The molecule has 0 amide bonds. The van der Waals surface area contributed by atoms with Gasteiger partial charge in [0.1, 0.15) is 21.5 Å². The first-order chi connectivity index (χ1) is 10.1. The summed E-state index contributed by atoms with van der Waals surface area (Å²) in [6.07, 6.45) is 1.11. The predicted octanol–water partition coefficient (Wildman–Crippen LogP) is 2.13. The lowest BCUT2D eigenvalue weighted by molar-refractivity contribution is 0.0607. The van der Waals surface area contributed by atoms with Gasteiger partial charge >= 0.3 is 5.97 Å². The topological polar surface area (TPSA) is 91.4 Å². The number of hydrogen-bond donors (Lipinski definition) is 2. The molecule has 0 atom stereocenters. The van der Waals surface area contributed by atoms with Crippen LogP contribution in [0.15, 0.2) is 0 Å². The lowest BCUT2D eigenvalue weighted by Crippen LogP contribution is -2.29. The Morgan fingerprint density at radius 1 is 1.48 bits per heavy atom. The molecule has 116 valence electrons. The predicted molar refractivity (Wildman–Crippen MR) is 85.7 cm³/mol. The molecule has 1 heterocycles. The van der Waals surface area contributed by atoms with E-state index in [4.69, 9.17) is 5.73 Å². The summed E-state index contributed by atoms with van der Waals surface area (Å²) in [6, 6.07) is 2.04. The quantitative estimate of drug-likeness (QED) is 0.715. The van der Waals surface area contributed by atoms with Crippen LogP contribution >= 0.6 is 11.3 Å². The van der Waals surface area contributed by atoms with Crippen molar-refractivity contribution in [3.63, 3.8) is 0 Å². The molecule has 6 nitrogen and oxygen atoms in total. The van der Waals surface area contributed by atoms with E-state index in [-0.39, 0.29) is 10.6 Å². The molecule has 1 rings (SSSR count). The number of carbonyl (C=O) groups is 1. The van der Waals surface area contributed by atoms with E-state index in [0.29, 0.717) is 17.1 Å². The van der Waals surface area contributed by atoms with Crippen LogP contribution in [0.4, 0.5) is 10.7 Å². The standard InChI is InChI=1S/C14H22N4O2S/c1-4-7-18(5-2)8-6-17-13-10(9-15)11(16)12(21-13)14(19)20-3/h17H,4-8,16H2,1-3H3. The molecule has 0 aromatic carbocycles. The number of hydrogen-bond acceptors (Lipinski definition) is 7. The summed E-state index contributed by atoms with van der Waals surface area (Å²) in [5.41, 5.74) is 6.34. The normalized spacial score (nSPS) is 10.4. The number of nitrogens with two attached hydrogens (primary N) is 1. The lowest BCUT2D eigenvalue weighted by atomic mass is 10.2. The van der Waals surface area contributed by atoms with Gasteiger partial charge in [0.15, 0.2) is 0 Å². The van der Waals surface area contributed by atoms with Gasteiger partial charge < -0.3 is 20.7 Å². The second-order valence-corrected chi connectivity index (χ2v) is 5.53. The third kappa shape index (κ3) is 4.34. The Labute approximate surface area is 129 Å². The summed E-state index contributed by atoms with van der Waals surface area (Å²) in [5, 5.41) is 13.0. The zero-order valence-corrected chi connectivity index (χ0v) is 13.5. The van der Waals surface area contributed by atoms with Gasteiger partial charge in [0.2, 0.25) is 0 Å². The van der Waals surface area contributed by atoms with E-state index < -0.39 is 5.97 Å². The van der Waals surface area contributed by atoms with Crippen LogP contribution in [0.25, 0.3) is 0 Å². The maximum Gasteiger partial charge on any atom is 0.350 e. The summed E-state index contributed by atoms with van der Waals surface area (Å²) in [4.78, 5) is 14.2. The number of thiophene rings is 1. The number of nitrogen functional groups attached to an aromatic ring is 1. The van der Waals surface area contributed by atoms with Crippen molar-refractivity contribution in [1.82, 2.24) is 4.90 Å². The molecule has 7 heteroatoms. The molecule has 0 saturated carbocycles. The van der Waals surface area contributed by atoms with E-state index in [1.165, 1.54) is 7.11 Å². The van der Waals surface area contributed by atoms with Crippen molar-refractivity contribution in [3.05, 3.63) is 10.4 Å². The molecule has 1 aromatic rings. The summed E-state index contributed by atoms with van der Waals surface area (Å²) >= 11 is 1.16. The number of nitrogens with one attached hydrogen (secondary N) is 1. The van der Waals surface area contributed by atoms with Crippen LogP contribution in [0.1, 0.15) is 35.5 Å². The highest BCUT2D eigenvalue weighted by Crippen LogP contribution is 2.35. The molecule has 21 heavy (non-hydrogen) atoms. The number of nitrogens with zero attached hydrogens (tertiary/aromatic N) is 2. The first-order valence-corrected chi connectivity index (χ1v) is 7.77. The van der Waals surface area contributed by atoms with Crippen molar-refractivity contribution in [3.8, 4) is 6.07 Å². The van der Waals surface area contributed by atoms with E-state index in [1.54, 1.807) is 0 Å².